The number of aryl methyl sites for hydroxylation is 1. The third-order valence-corrected chi connectivity index (χ3v) is 2.71. The van der Waals surface area contributed by atoms with Crippen molar-refractivity contribution < 1.29 is 4.79 Å². The van der Waals surface area contributed by atoms with E-state index in [4.69, 9.17) is 0 Å². The van der Waals surface area contributed by atoms with Crippen molar-refractivity contribution >= 4 is 6.29 Å². The van der Waals surface area contributed by atoms with Gasteiger partial charge in [-0.1, -0.05) is 13.8 Å². The average Bonchev–Trinajstić information content (AvgIpc) is 2.58. The summed E-state index contributed by atoms with van der Waals surface area (Å²) in [5.41, 5.74) is 0. The molecule has 2 rings (SSSR count). The van der Waals surface area contributed by atoms with Crippen molar-refractivity contribution in [1.29, 1.82) is 0 Å². The summed E-state index contributed by atoms with van der Waals surface area (Å²) >= 11 is 0. The Labute approximate surface area is 89.7 Å². The third kappa shape index (κ3) is 2.08. The van der Waals surface area contributed by atoms with Gasteiger partial charge in [-0.25, -0.2) is 9.67 Å². The molecular formula is C11H17N3O. The van der Waals surface area contributed by atoms with Crippen molar-refractivity contribution in [2.45, 2.75) is 45.6 Å². The largest absolute Gasteiger partial charge is 0.301 e. The van der Waals surface area contributed by atoms with Crippen LogP contribution in [0.15, 0.2) is 0 Å². The molecular weight excluding hydrogens is 190 g/mol. The first-order valence-corrected chi connectivity index (χ1v) is 5.60. The minimum absolute atomic E-state index is 0.0813. The molecule has 4 nitrogen and oxygen atoms in total. The zero-order chi connectivity index (χ0) is 10.8. The minimum Gasteiger partial charge on any atom is -0.301 e. The Hall–Kier alpha value is -1.19. The van der Waals surface area contributed by atoms with Crippen LogP contribution in [0, 0.1) is 5.92 Å². The van der Waals surface area contributed by atoms with Crippen LogP contribution in [0.3, 0.4) is 0 Å². The maximum Gasteiger partial charge on any atom is 0.151 e. The summed E-state index contributed by atoms with van der Waals surface area (Å²) < 4.78 is 1.81. The summed E-state index contributed by atoms with van der Waals surface area (Å²) in [6, 6.07) is -0.0813. The molecule has 0 N–H and O–H groups in total. The number of carbonyl (C=O) groups excluding carboxylic acids is 1. The van der Waals surface area contributed by atoms with Gasteiger partial charge in [0.1, 0.15) is 18.2 Å². The molecule has 0 amide bonds. The van der Waals surface area contributed by atoms with Crippen molar-refractivity contribution in [3.05, 3.63) is 11.6 Å². The van der Waals surface area contributed by atoms with Gasteiger partial charge in [-0.2, -0.15) is 5.10 Å². The topological polar surface area (TPSA) is 47.8 Å². The number of rotatable bonds is 3. The summed E-state index contributed by atoms with van der Waals surface area (Å²) in [5, 5.41) is 4.42. The molecule has 0 aliphatic carbocycles. The van der Waals surface area contributed by atoms with E-state index in [0.29, 0.717) is 5.92 Å². The molecule has 2 heterocycles. The quantitative estimate of drug-likeness (QED) is 0.706. The van der Waals surface area contributed by atoms with E-state index in [1.165, 1.54) is 0 Å². The van der Waals surface area contributed by atoms with Crippen LogP contribution in [0.2, 0.25) is 0 Å². The van der Waals surface area contributed by atoms with E-state index in [1.807, 2.05) is 4.68 Å². The first kappa shape index (κ1) is 10.3. The number of aldehydes is 1. The minimum atomic E-state index is -0.0813. The molecule has 0 radical (unpaired) electrons. The molecule has 1 aromatic rings. The average molecular weight is 207 g/mol. The Bertz CT molecular complexity index is 357. The van der Waals surface area contributed by atoms with Crippen LogP contribution >= 0.6 is 0 Å². The van der Waals surface area contributed by atoms with Gasteiger partial charge < -0.3 is 4.79 Å². The molecule has 0 spiro atoms. The normalized spacial score (nSPS) is 20.3. The molecule has 4 heteroatoms. The van der Waals surface area contributed by atoms with Gasteiger partial charge in [0, 0.05) is 12.8 Å². The fraction of sp³-hybridized carbons (Fsp3) is 0.727. The molecule has 1 unspecified atom stereocenters. The number of hydrogen-bond acceptors (Lipinski definition) is 3. The van der Waals surface area contributed by atoms with Gasteiger partial charge >= 0.3 is 0 Å². The van der Waals surface area contributed by atoms with Crippen LogP contribution in [-0.4, -0.2) is 21.1 Å². The van der Waals surface area contributed by atoms with E-state index in [9.17, 15) is 4.79 Å². The van der Waals surface area contributed by atoms with Crippen molar-refractivity contribution in [3.8, 4) is 0 Å². The van der Waals surface area contributed by atoms with E-state index in [1.54, 1.807) is 0 Å². The summed E-state index contributed by atoms with van der Waals surface area (Å²) in [7, 11) is 0. The summed E-state index contributed by atoms with van der Waals surface area (Å²) in [6.07, 6.45) is 4.78. The zero-order valence-corrected chi connectivity index (χ0v) is 9.31. The second-order valence-electron chi connectivity index (χ2n) is 4.58. The van der Waals surface area contributed by atoms with E-state index in [-0.39, 0.29) is 6.04 Å². The highest BCUT2D eigenvalue weighted by Crippen LogP contribution is 2.21. The van der Waals surface area contributed by atoms with Crippen LogP contribution < -0.4 is 0 Å². The van der Waals surface area contributed by atoms with Crippen molar-refractivity contribution in [1.82, 2.24) is 14.8 Å². The molecule has 1 aromatic heterocycles. The fourth-order valence-corrected chi connectivity index (χ4v) is 2.01. The van der Waals surface area contributed by atoms with Crippen LogP contribution in [0.4, 0.5) is 0 Å². The van der Waals surface area contributed by atoms with Gasteiger partial charge in [0.25, 0.3) is 0 Å². The summed E-state index contributed by atoms with van der Waals surface area (Å²) in [6.45, 7) is 4.30. The Morgan fingerprint density at radius 3 is 3.07 bits per heavy atom. The molecule has 0 aromatic carbocycles. The van der Waals surface area contributed by atoms with Crippen LogP contribution in [0.5, 0.6) is 0 Å². The number of fused-ring (bicyclic) bond motifs is 1. The smallest absolute Gasteiger partial charge is 0.151 e. The molecule has 15 heavy (non-hydrogen) atoms. The first-order chi connectivity index (χ1) is 7.20. The number of hydrogen-bond donors (Lipinski definition) is 0. The molecule has 82 valence electrons. The first-order valence-electron chi connectivity index (χ1n) is 5.60. The SMILES string of the molecule is CC(C)Cc1nc2n(n1)C(C=O)CCC2. The number of carbonyl (C=O) groups is 1. The van der Waals surface area contributed by atoms with Gasteiger partial charge in [-0.05, 0) is 18.8 Å². The van der Waals surface area contributed by atoms with E-state index in [0.717, 1.165) is 43.6 Å². The maximum atomic E-state index is 10.9. The van der Waals surface area contributed by atoms with Gasteiger partial charge in [-0.15, -0.1) is 0 Å². The van der Waals surface area contributed by atoms with Crippen LogP contribution in [0.25, 0.3) is 0 Å². The molecule has 0 bridgehead atoms. The highest BCUT2D eigenvalue weighted by molar-refractivity contribution is 5.55. The summed E-state index contributed by atoms with van der Waals surface area (Å²) in [5.74, 6) is 2.42. The van der Waals surface area contributed by atoms with Crippen LogP contribution in [-0.2, 0) is 17.6 Å². The Kier molecular flexibility index (Phi) is 2.84. The lowest BCUT2D eigenvalue weighted by Crippen LogP contribution is -2.20. The van der Waals surface area contributed by atoms with Gasteiger partial charge in [0.2, 0.25) is 0 Å². The van der Waals surface area contributed by atoms with Gasteiger partial charge in [0.15, 0.2) is 5.82 Å². The molecule has 0 saturated heterocycles. The maximum absolute atomic E-state index is 10.9. The lowest BCUT2D eigenvalue weighted by molar-refractivity contribution is -0.111. The predicted octanol–water partition coefficient (Wildman–Crippen LogP) is 1.55. The van der Waals surface area contributed by atoms with E-state index in [2.05, 4.69) is 23.9 Å². The van der Waals surface area contributed by atoms with E-state index >= 15 is 0 Å². The lowest BCUT2D eigenvalue weighted by atomic mass is 10.1. The summed E-state index contributed by atoms with van der Waals surface area (Å²) in [4.78, 5) is 15.3. The second-order valence-corrected chi connectivity index (χ2v) is 4.58. The molecule has 1 aliphatic heterocycles. The highest BCUT2D eigenvalue weighted by atomic mass is 16.1. The van der Waals surface area contributed by atoms with Gasteiger partial charge in [-0.3, -0.25) is 0 Å². The standard InChI is InChI=1S/C11H17N3O/c1-8(2)6-10-12-11-5-3-4-9(7-15)14(11)13-10/h7-9H,3-6H2,1-2H3. The van der Waals surface area contributed by atoms with Crippen molar-refractivity contribution in [2.24, 2.45) is 5.92 Å². The van der Waals surface area contributed by atoms with Crippen LogP contribution in [0.1, 0.15) is 44.4 Å². The Balaban J connectivity index is 2.25. The predicted molar refractivity (Wildman–Crippen MR) is 56.6 cm³/mol. The lowest BCUT2D eigenvalue weighted by Gasteiger charge is -2.17. The van der Waals surface area contributed by atoms with E-state index < -0.39 is 0 Å². The number of aromatic nitrogens is 3. The molecule has 0 saturated carbocycles. The van der Waals surface area contributed by atoms with Gasteiger partial charge in [0.05, 0.1) is 0 Å². The molecule has 1 atom stereocenters. The highest BCUT2D eigenvalue weighted by Gasteiger charge is 2.22. The monoisotopic (exact) mass is 207 g/mol. The van der Waals surface area contributed by atoms with Crippen molar-refractivity contribution in [2.75, 3.05) is 0 Å². The third-order valence-electron chi connectivity index (χ3n) is 2.71. The Morgan fingerprint density at radius 1 is 1.60 bits per heavy atom. The fourth-order valence-electron chi connectivity index (χ4n) is 2.01. The zero-order valence-electron chi connectivity index (χ0n) is 9.31. The molecule has 0 fully saturated rings. The second kappa shape index (κ2) is 4.13. The molecule has 1 aliphatic rings. The number of nitrogens with zero attached hydrogens (tertiary/aromatic N) is 3. The Morgan fingerprint density at radius 2 is 2.40 bits per heavy atom. The van der Waals surface area contributed by atoms with Crippen molar-refractivity contribution in [3.63, 3.8) is 0 Å².